The predicted octanol–water partition coefficient (Wildman–Crippen LogP) is 2.01. The second kappa shape index (κ2) is 7.31. The molecule has 0 saturated carbocycles. The molecule has 0 atom stereocenters. The zero-order chi connectivity index (χ0) is 14.2. The standard InChI is InChI=1S/C16H19N3O/c1-17-15-10-6-7-11-16(15)20-13-12-18-19(2)14-8-4-3-5-9-14/h3-12,17H,13H2,1-2H3/p+1/b18-12+. The second-order valence-corrected chi connectivity index (χ2v) is 4.29. The van der Waals surface area contributed by atoms with Crippen LogP contribution in [-0.2, 0) is 0 Å². The van der Waals surface area contributed by atoms with Crippen molar-refractivity contribution in [1.29, 1.82) is 0 Å². The molecule has 0 fully saturated rings. The van der Waals surface area contributed by atoms with Gasteiger partial charge in [0, 0.05) is 13.1 Å². The summed E-state index contributed by atoms with van der Waals surface area (Å²) in [5.41, 5.74) is 2.14. The Hall–Kier alpha value is -2.33. The van der Waals surface area contributed by atoms with Crippen LogP contribution in [0, 0.1) is 0 Å². The maximum Gasteiger partial charge on any atom is 0.180 e. The Morgan fingerprint density at radius 3 is 2.55 bits per heavy atom. The third-order valence-electron chi connectivity index (χ3n) is 2.93. The molecule has 0 radical (unpaired) electrons. The highest BCUT2D eigenvalue weighted by Gasteiger charge is 2.02. The van der Waals surface area contributed by atoms with Crippen molar-refractivity contribution in [2.45, 2.75) is 0 Å². The van der Waals surface area contributed by atoms with Gasteiger partial charge in [-0.25, -0.2) is 0 Å². The number of nitrogens with zero attached hydrogens (tertiary/aromatic N) is 2. The Morgan fingerprint density at radius 2 is 1.80 bits per heavy atom. The van der Waals surface area contributed by atoms with E-state index in [1.54, 1.807) is 6.21 Å². The number of hydrogen-bond donors (Lipinski definition) is 1. The van der Waals surface area contributed by atoms with Crippen LogP contribution < -0.4 is 15.1 Å². The smallest absolute Gasteiger partial charge is 0.180 e. The molecule has 2 N–H and O–H groups in total. The molecular weight excluding hydrogens is 250 g/mol. The number of ether oxygens (including phenoxy) is 1. The van der Waals surface area contributed by atoms with Gasteiger partial charge in [-0.3, -0.25) is 5.01 Å². The molecule has 0 aromatic heterocycles. The minimum Gasteiger partial charge on any atom is -0.482 e. The van der Waals surface area contributed by atoms with Gasteiger partial charge in [-0.1, -0.05) is 30.3 Å². The first-order valence-corrected chi connectivity index (χ1v) is 6.63. The lowest BCUT2D eigenvalue weighted by Gasteiger charge is -2.12. The minimum absolute atomic E-state index is 0.446. The fourth-order valence-electron chi connectivity index (χ4n) is 1.84. The first-order valence-electron chi connectivity index (χ1n) is 6.63. The van der Waals surface area contributed by atoms with Crippen LogP contribution in [0.25, 0.3) is 0 Å². The van der Waals surface area contributed by atoms with Crippen molar-refractivity contribution in [3.05, 3.63) is 54.6 Å². The number of anilines is 1. The van der Waals surface area contributed by atoms with E-state index >= 15 is 0 Å². The molecule has 0 spiro atoms. The molecule has 104 valence electrons. The fraction of sp³-hybridized carbons (Fsp3) is 0.188. The lowest BCUT2D eigenvalue weighted by atomic mass is 10.3. The molecule has 2 aromatic carbocycles. The topological polar surface area (TPSA) is 41.4 Å². The lowest BCUT2D eigenvalue weighted by molar-refractivity contribution is -0.540. The molecule has 0 bridgehead atoms. The van der Waals surface area contributed by atoms with Gasteiger partial charge in [-0.15, -0.1) is 0 Å². The summed E-state index contributed by atoms with van der Waals surface area (Å²) in [6.45, 7) is 0.446. The highest BCUT2D eigenvalue weighted by Crippen LogP contribution is 2.18. The van der Waals surface area contributed by atoms with Crippen LogP contribution in [0.15, 0.2) is 59.7 Å². The largest absolute Gasteiger partial charge is 0.482 e. The molecule has 0 heterocycles. The summed E-state index contributed by atoms with van der Waals surface area (Å²) in [7, 11) is 3.92. The van der Waals surface area contributed by atoms with Gasteiger partial charge in [0.15, 0.2) is 11.4 Å². The third-order valence-corrected chi connectivity index (χ3v) is 2.93. The Kier molecular flexibility index (Phi) is 5.15. The number of quaternary nitrogens is 1. The molecule has 2 aromatic rings. The van der Waals surface area contributed by atoms with Crippen LogP contribution in [0.3, 0.4) is 0 Å². The van der Waals surface area contributed by atoms with Crippen LogP contribution >= 0.6 is 0 Å². The Labute approximate surface area is 119 Å². The van der Waals surface area contributed by atoms with E-state index in [0.717, 1.165) is 17.1 Å². The Bertz CT molecular complexity index is 555. The molecule has 0 amide bonds. The minimum atomic E-state index is 0.446. The molecule has 4 nitrogen and oxygen atoms in total. The van der Waals surface area contributed by atoms with Crippen LogP contribution in [0.1, 0.15) is 0 Å². The van der Waals surface area contributed by atoms with Gasteiger partial charge in [-0.2, -0.15) is 5.10 Å². The van der Waals surface area contributed by atoms with Crippen molar-refractivity contribution in [1.82, 2.24) is 0 Å². The SMILES string of the molecule is C[NH2+]c1ccccc1OC/C=N/N(C)c1ccccc1. The molecule has 4 heteroatoms. The summed E-state index contributed by atoms with van der Waals surface area (Å²) in [5, 5.41) is 8.19. The first-order chi connectivity index (χ1) is 9.81. The number of para-hydroxylation sites is 3. The van der Waals surface area contributed by atoms with Crippen molar-refractivity contribution in [3.63, 3.8) is 0 Å². The molecule has 0 aliphatic heterocycles. The van der Waals surface area contributed by atoms with Gasteiger partial charge >= 0.3 is 0 Å². The number of hydrogen-bond acceptors (Lipinski definition) is 3. The van der Waals surface area contributed by atoms with E-state index in [2.05, 4.69) is 5.10 Å². The van der Waals surface area contributed by atoms with Crippen molar-refractivity contribution in [3.8, 4) is 5.75 Å². The van der Waals surface area contributed by atoms with Crippen molar-refractivity contribution in [2.24, 2.45) is 5.10 Å². The summed E-state index contributed by atoms with van der Waals surface area (Å²) < 4.78 is 5.71. The average Bonchev–Trinajstić information content (AvgIpc) is 2.52. The van der Waals surface area contributed by atoms with Gasteiger partial charge in [0.1, 0.15) is 6.61 Å². The van der Waals surface area contributed by atoms with Crippen LogP contribution in [-0.4, -0.2) is 26.9 Å². The summed E-state index contributed by atoms with van der Waals surface area (Å²) in [6, 6.07) is 18.0. The van der Waals surface area contributed by atoms with Crippen LogP contribution in [0.4, 0.5) is 11.4 Å². The average molecular weight is 270 g/mol. The normalized spacial score (nSPS) is 10.7. The summed E-state index contributed by atoms with van der Waals surface area (Å²) >= 11 is 0. The van der Waals surface area contributed by atoms with Crippen LogP contribution in [0.2, 0.25) is 0 Å². The number of hydrazone groups is 1. The van der Waals surface area contributed by atoms with E-state index in [1.165, 1.54) is 0 Å². The molecule has 0 saturated heterocycles. The third kappa shape index (κ3) is 3.83. The zero-order valence-electron chi connectivity index (χ0n) is 11.9. The second-order valence-electron chi connectivity index (χ2n) is 4.29. The summed E-state index contributed by atoms with van der Waals surface area (Å²) in [5.74, 6) is 0.879. The van der Waals surface area contributed by atoms with E-state index in [0.29, 0.717) is 6.61 Å². The number of nitrogens with two attached hydrogens (primary N) is 1. The molecular formula is C16H20N3O+. The summed E-state index contributed by atoms with van der Waals surface area (Å²) in [4.78, 5) is 0. The zero-order valence-corrected chi connectivity index (χ0v) is 11.9. The Morgan fingerprint density at radius 1 is 1.10 bits per heavy atom. The fourth-order valence-corrected chi connectivity index (χ4v) is 1.84. The van der Waals surface area contributed by atoms with E-state index in [4.69, 9.17) is 4.74 Å². The van der Waals surface area contributed by atoms with Crippen molar-refractivity contribution in [2.75, 3.05) is 25.7 Å². The lowest BCUT2D eigenvalue weighted by Crippen LogP contribution is -2.72. The molecule has 0 aliphatic rings. The van der Waals surface area contributed by atoms with E-state index in [-0.39, 0.29) is 0 Å². The van der Waals surface area contributed by atoms with Crippen molar-refractivity contribution >= 4 is 17.6 Å². The van der Waals surface area contributed by atoms with Gasteiger partial charge < -0.3 is 10.1 Å². The predicted molar refractivity (Wildman–Crippen MR) is 82.8 cm³/mol. The highest BCUT2D eigenvalue weighted by atomic mass is 16.5. The summed E-state index contributed by atoms with van der Waals surface area (Å²) in [6.07, 6.45) is 1.76. The Balaban J connectivity index is 1.88. The van der Waals surface area contributed by atoms with Gasteiger partial charge in [-0.05, 0) is 18.2 Å². The first kappa shape index (κ1) is 14.1. The quantitative estimate of drug-likeness (QED) is 0.495. The highest BCUT2D eigenvalue weighted by molar-refractivity contribution is 5.62. The maximum absolute atomic E-state index is 5.71. The molecule has 0 unspecified atom stereocenters. The van der Waals surface area contributed by atoms with Crippen LogP contribution in [0.5, 0.6) is 5.75 Å². The number of rotatable bonds is 6. The van der Waals surface area contributed by atoms with E-state index < -0.39 is 0 Å². The van der Waals surface area contributed by atoms with Gasteiger partial charge in [0.05, 0.1) is 18.9 Å². The number of benzene rings is 2. The van der Waals surface area contributed by atoms with Crippen molar-refractivity contribution < 1.29 is 10.1 Å². The van der Waals surface area contributed by atoms with E-state index in [1.807, 2.05) is 79.0 Å². The monoisotopic (exact) mass is 270 g/mol. The van der Waals surface area contributed by atoms with E-state index in [9.17, 15) is 0 Å². The van der Waals surface area contributed by atoms with Gasteiger partial charge in [0.2, 0.25) is 0 Å². The molecule has 20 heavy (non-hydrogen) atoms. The molecule has 0 aliphatic carbocycles. The molecule has 2 rings (SSSR count). The maximum atomic E-state index is 5.71. The van der Waals surface area contributed by atoms with Gasteiger partial charge in [0.25, 0.3) is 0 Å².